The Labute approximate surface area is 59.7 Å². The van der Waals surface area contributed by atoms with Gasteiger partial charge in [-0.3, -0.25) is 4.90 Å². The van der Waals surface area contributed by atoms with Crippen molar-refractivity contribution in [1.82, 2.24) is 4.90 Å². The average molecular weight is 147 g/mol. The van der Waals surface area contributed by atoms with E-state index in [1.54, 1.807) is 11.9 Å². The Hall–Kier alpha value is -0.160. The molecule has 60 valence electrons. The minimum atomic E-state index is -0.796. The number of rotatable bonds is 1. The molecule has 0 saturated carbocycles. The minimum absolute atomic E-state index is 0.102. The van der Waals surface area contributed by atoms with Gasteiger partial charge in [0.25, 0.3) is 0 Å². The predicted octanol–water partition coefficient (Wildman–Crippen LogP) is -1.99. The quantitative estimate of drug-likeness (QED) is 0.402. The fourth-order valence-corrected chi connectivity index (χ4v) is 1.30. The van der Waals surface area contributed by atoms with Crippen molar-refractivity contribution < 1.29 is 15.3 Å². The Morgan fingerprint density at radius 2 is 2.10 bits per heavy atom. The molecule has 0 bridgehead atoms. The Kier molecular flexibility index (Phi) is 2.25. The molecule has 0 aliphatic carbocycles. The number of β-amino-alcohol motifs (C(OH)–C–C–N with tert-alkyl or cyclic N) is 1. The van der Waals surface area contributed by atoms with Gasteiger partial charge < -0.3 is 15.3 Å². The Bertz CT molecular complexity index is 120. The fourth-order valence-electron chi connectivity index (χ4n) is 1.30. The lowest BCUT2D eigenvalue weighted by atomic mass is 10.1. The second kappa shape index (κ2) is 2.84. The third kappa shape index (κ3) is 1.15. The summed E-state index contributed by atoms with van der Waals surface area (Å²) in [4.78, 5) is 1.75. The maximum atomic E-state index is 9.18. The fraction of sp³-hybridized carbons (Fsp3) is 1.00. The average Bonchev–Trinajstić information content (AvgIpc) is 2.09. The van der Waals surface area contributed by atoms with E-state index in [1.807, 2.05) is 0 Å². The highest BCUT2D eigenvalue weighted by Crippen LogP contribution is 2.15. The molecule has 1 heterocycles. The molecule has 1 aliphatic rings. The van der Waals surface area contributed by atoms with Crippen LogP contribution in [0.4, 0.5) is 0 Å². The highest BCUT2D eigenvalue weighted by molar-refractivity contribution is 4.90. The van der Waals surface area contributed by atoms with E-state index in [0.717, 1.165) is 0 Å². The molecule has 0 aromatic rings. The lowest BCUT2D eigenvalue weighted by Crippen LogP contribution is -2.36. The minimum Gasteiger partial charge on any atom is -0.395 e. The molecule has 1 saturated heterocycles. The maximum Gasteiger partial charge on any atom is 0.0988 e. The molecular weight excluding hydrogens is 134 g/mol. The topological polar surface area (TPSA) is 63.9 Å². The van der Waals surface area contributed by atoms with Crippen molar-refractivity contribution >= 4 is 0 Å². The van der Waals surface area contributed by atoms with Gasteiger partial charge in [-0.15, -0.1) is 0 Å². The first-order valence-corrected chi connectivity index (χ1v) is 3.34. The molecule has 1 aliphatic heterocycles. The second-order valence-electron chi connectivity index (χ2n) is 2.75. The first kappa shape index (κ1) is 7.94. The van der Waals surface area contributed by atoms with Crippen LogP contribution < -0.4 is 0 Å². The van der Waals surface area contributed by atoms with Gasteiger partial charge in [-0.05, 0) is 7.05 Å². The SMILES string of the molecule is CN1CC(O)C(O)[C@@H]1CO. The van der Waals surface area contributed by atoms with E-state index in [2.05, 4.69) is 0 Å². The van der Waals surface area contributed by atoms with Crippen molar-refractivity contribution in [3.05, 3.63) is 0 Å². The molecule has 1 rings (SSSR count). The maximum absolute atomic E-state index is 9.18. The van der Waals surface area contributed by atoms with E-state index in [-0.39, 0.29) is 12.6 Å². The third-order valence-electron chi connectivity index (χ3n) is 2.02. The van der Waals surface area contributed by atoms with Gasteiger partial charge in [0.1, 0.15) is 0 Å². The zero-order valence-corrected chi connectivity index (χ0v) is 5.94. The molecule has 4 heteroatoms. The molecule has 3 atom stereocenters. The van der Waals surface area contributed by atoms with Crippen LogP contribution in [0.5, 0.6) is 0 Å². The first-order chi connectivity index (χ1) is 4.66. The zero-order valence-electron chi connectivity index (χ0n) is 5.94. The number of aliphatic hydroxyl groups is 3. The van der Waals surface area contributed by atoms with Crippen LogP contribution >= 0.6 is 0 Å². The second-order valence-corrected chi connectivity index (χ2v) is 2.75. The van der Waals surface area contributed by atoms with Crippen LogP contribution in [0.2, 0.25) is 0 Å². The monoisotopic (exact) mass is 147 g/mol. The van der Waals surface area contributed by atoms with Gasteiger partial charge in [-0.25, -0.2) is 0 Å². The standard InChI is InChI=1S/C6H13NO3/c1-7-2-5(9)6(10)4(7)3-8/h4-6,8-10H,2-3H2,1H3/t4-,5?,6?/m0/s1. The largest absolute Gasteiger partial charge is 0.395 e. The van der Waals surface area contributed by atoms with Gasteiger partial charge in [-0.2, -0.15) is 0 Å². The number of hydrogen-bond donors (Lipinski definition) is 3. The molecule has 1 fully saturated rings. The van der Waals surface area contributed by atoms with Gasteiger partial charge >= 0.3 is 0 Å². The lowest BCUT2D eigenvalue weighted by molar-refractivity contribution is 0.0237. The van der Waals surface area contributed by atoms with Gasteiger partial charge in [-0.1, -0.05) is 0 Å². The number of nitrogens with zero attached hydrogens (tertiary/aromatic N) is 1. The smallest absolute Gasteiger partial charge is 0.0988 e. The predicted molar refractivity (Wildman–Crippen MR) is 35.5 cm³/mol. The van der Waals surface area contributed by atoms with E-state index in [9.17, 15) is 5.11 Å². The number of likely N-dealkylation sites (tertiary alicyclic amines) is 1. The van der Waals surface area contributed by atoms with Crippen molar-refractivity contribution in [2.45, 2.75) is 18.2 Å². The van der Waals surface area contributed by atoms with Crippen LogP contribution in [0, 0.1) is 0 Å². The molecular formula is C6H13NO3. The number of hydrogen-bond acceptors (Lipinski definition) is 4. The number of likely N-dealkylation sites (N-methyl/N-ethyl adjacent to an activating group) is 1. The first-order valence-electron chi connectivity index (χ1n) is 3.34. The van der Waals surface area contributed by atoms with Crippen molar-refractivity contribution in [1.29, 1.82) is 0 Å². The van der Waals surface area contributed by atoms with E-state index < -0.39 is 12.2 Å². The highest BCUT2D eigenvalue weighted by Gasteiger charge is 2.36. The van der Waals surface area contributed by atoms with E-state index in [0.29, 0.717) is 6.54 Å². The van der Waals surface area contributed by atoms with Crippen LogP contribution in [0.25, 0.3) is 0 Å². The van der Waals surface area contributed by atoms with Gasteiger partial charge in [0.2, 0.25) is 0 Å². The van der Waals surface area contributed by atoms with E-state index in [1.165, 1.54) is 0 Å². The molecule has 0 spiro atoms. The molecule has 0 amide bonds. The van der Waals surface area contributed by atoms with Crippen LogP contribution in [0.3, 0.4) is 0 Å². The summed E-state index contributed by atoms with van der Waals surface area (Å²) in [5.74, 6) is 0. The summed E-state index contributed by atoms with van der Waals surface area (Å²) in [5.41, 5.74) is 0. The van der Waals surface area contributed by atoms with Crippen molar-refractivity contribution in [2.24, 2.45) is 0 Å². The summed E-state index contributed by atoms with van der Waals surface area (Å²) < 4.78 is 0. The molecule has 4 nitrogen and oxygen atoms in total. The van der Waals surface area contributed by atoms with Crippen LogP contribution in [0.15, 0.2) is 0 Å². The van der Waals surface area contributed by atoms with Gasteiger partial charge in [0, 0.05) is 6.54 Å². The summed E-state index contributed by atoms with van der Waals surface area (Å²) in [7, 11) is 1.76. The molecule has 0 radical (unpaired) electrons. The Morgan fingerprint density at radius 3 is 2.30 bits per heavy atom. The zero-order chi connectivity index (χ0) is 7.72. The molecule has 10 heavy (non-hydrogen) atoms. The van der Waals surface area contributed by atoms with E-state index >= 15 is 0 Å². The summed E-state index contributed by atoms with van der Waals surface area (Å²) in [5, 5.41) is 27.0. The summed E-state index contributed by atoms with van der Waals surface area (Å²) in [6, 6.07) is -0.296. The van der Waals surface area contributed by atoms with Crippen molar-refractivity contribution in [2.75, 3.05) is 20.2 Å². The summed E-state index contributed by atoms with van der Waals surface area (Å²) in [6.45, 7) is 0.334. The Balaban J connectivity index is 2.55. The normalized spacial score (nSPS) is 42.6. The third-order valence-corrected chi connectivity index (χ3v) is 2.02. The molecule has 0 aromatic heterocycles. The molecule has 0 aromatic carbocycles. The van der Waals surface area contributed by atoms with Gasteiger partial charge in [0.05, 0.1) is 24.9 Å². The number of aliphatic hydroxyl groups excluding tert-OH is 3. The van der Waals surface area contributed by atoms with Crippen molar-refractivity contribution in [3.8, 4) is 0 Å². The lowest BCUT2D eigenvalue weighted by Gasteiger charge is -2.18. The van der Waals surface area contributed by atoms with Crippen LogP contribution in [-0.2, 0) is 0 Å². The summed E-state index contributed by atoms with van der Waals surface area (Å²) in [6.07, 6.45) is -1.50. The summed E-state index contributed by atoms with van der Waals surface area (Å²) >= 11 is 0. The van der Waals surface area contributed by atoms with E-state index in [4.69, 9.17) is 10.2 Å². The van der Waals surface area contributed by atoms with Crippen LogP contribution in [0.1, 0.15) is 0 Å². The van der Waals surface area contributed by atoms with Gasteiger partial charge in [0.15, 0.2) is 0 Å². The van der Waals surface area contributed by atoms with Crippen molar-refractivity contribution in [3.63, 3.8) is 0 Å². The molecule has 2 unspecified atom stereocenters. The van der Waals surface area contributed by atoms with Crippen LogP contribution in [-0.4, -0.2) is 58.7 Å². The highest BCUT2D eigenvalue weighted by atomic mass is 16.3. The Morgan fingerprint density at radius 1 is 1.50 bits per heavy atom. The molecule has 3 N–H and O–H groups in total.